The second-order valence-electron chi connectivity index (χ2n) is 6.76. The monoisotopic (exact) mass is 407 g/mol. The van der Waals surface area contributed by atoms with Gasteiger partial charge in [-0.2, -0.15) is 11.3 Å². The number of rotatable bonds is 5. The molecule has 1 aliphatic heterocycles. The van der Waals surface area contributed by atoms with Crippen molar-refractivity contribution in [3.63, 3.8) is 0 Å². The fraction of sp³-hybridized carbons (Fsp3) is 0.238. The molecule has 1 aromatic carbocycles. The molecule has 148 valence electrons. The molecule has 1 N–H and O–H groups in total. The van der Waals surface area contributed by atoms with Crippen LogP contribution in [-0.4, -0.2) is 52.9 Å². The number of aromatic nitrogens is 2. The van der Waals surface area contributed by atoms with Crippen molar-refractivity contribution in [3.8, 4) is 0 Å². The Kier molecular flexibility index (Phi) is 5.81. The van der Waals surface area contributed by atoms with E-state index in [4.69, 9.17) is 0 Å². The number of nitrogens with zero attached hydrogens (tertiary/aromatic N) is 4. The maximum atomic E-state index is 12.6. The van der Waals surface area contributed by atoms with Crippen molar-refractivity contribution in [3.05, 3.63) is 70.7 Å². The van der Waals surface area contributed by atoms with Crippen LogP contribution in [0.2, 0.25) is 0 Å². The summed E-state index contributed by atoms with van der Waals surface area (Å²) in [7, 11) is 0. The molecule has 0 bridgehead atoms. The van der Waals surface area contributed by atoms with E-state index in [0.29, 0.717) is 36.7 Å². The average Bonchev–Trinajstić information content (AvgIpc) is 3.31. The predicted octanol–water partition coefficient (Wildman–Crippen LogP) is 2.68. The number of carbonyl (C=O) groups excluding carboxylic acids is 2. The second kappa shape index (κ2) is 8.83. The van der Waals surface area contributed by atoms with Gasteiger partial charge in [-0.05, 0) is 35.2 Å². The Morgan fingerprint density at radius 2 is 1.72 bits per heavy atom. The van der Waals surface area contributed by atoms with Gasteiger partial charge in [0.25, 0.3) is 5.91 Å². The van der Waals surface area contributed by atoms with E-state index in [-0.39, 0.29) is 11.8 Å². The molecule has 1 fully saturated rings. The molecule has 8 heteroatoms. The number of thiophene rings is 1. The SMILES string of the molecule is O=C(Nc1ccc(CC(=O)N2CCN(c3ncccn3)CC2)cc1)c1ccsc1. The van der Waals surface area contributed by atoms with Gasteiger partial charge in [-0.3, -0.25) is 9.59 Å². The summed E-state index contributed by atoms with van der Waals surface area (Å²) in [6, 6.07) is 11.0. The molecule has 0 aliphatic carbocycles. The number of carbonyl (C=O) groups is 2. The van der Waals surface area contributed by atoms with E-state index in [9.17, 15) is 9.59 Å². The fourth-order valence-corrected chi connectivity index (χ4v) is 3.84. The van der Waals surface area contributed by atoms with Crippen molar-refractivity contribution in [1.29, 1.82) is 0 Å². The normalized spacial score (nSPS) is 13.9. The van der Waals surface area contributed by atoms with Gasteiger partial charge in [-0.15, -0.1) is 0 Å². The minimum absolute atomic E-state index is 0.105. The molecule has 0 saturated carbocycles. The molecule has 4 rings (SSSR count). The van der Waals surface area contributed by atoms with E-state index in [1.807, 2.05) is 39.9 Å². The van der Waals surface area contributed by atoms with E-state index < -0.39 is 0 Å². The average molecular weight is 407 g/mol. The maximum absolute atomic E-state index is 12.6. The standard InChI is InChI=1S/C21H21N5O2S/c27-19(25-9-11-26(12-10-25)21-22-7-1-8-23-21)14-16-2-4-18(5-3-16)24-20(28)17-6-13-29-15-17/h1-8,13,15H,9-12,14H2,(H,24,28). The number of benzene rings is 1. The predicted molar refractivity (Wildman–Crippen MR) is 113 cm³/mol. The van der Waals surface area contributed by atoms with Crippen LogP contribution in [0.25, 0.3) is 0 Å². The highest BCUT2D eigenvalue weighted by Crippen LogP contribution is 2.15. The number of nitrogens with one attached hydrogen (secondary N) is 1. The molecule has 0 radical (unpaired) electrons. The minimum atomic E-state index is -0.129. The lowest BCUT2D eigenvalue weighted by Crippen LogP contribution is -2.49. The fourth-order valence-electron chi connectivity index (χ4n) is 3.20. The largest absolute Gasteiger partial charge is 0.339 e. The third-order valence-electron chi connectivity index (χ3n) is 4.82. The highest BCUT2D eigenvalue weighted by molar-refractivity contribution is 7.08. The van der Waals surface area contributed by atoms with Crippen molar-refractivity contribution in [1.82, 2.24) is 14.9 Å². The van der Waals surface area contributed by atoms with Crippen LogP contribution in [0.4, 0.5) is 11.6 Å². The summed E-state index contributed by atoms with van der Waals surface area (Å²) in [6.07, 6.45) is 3.80. The number of amides is 2. The summed E-state index contributed by atoms with van der Waals surface area (Å²) in [5.74, 6) is 0.684. The number of hydrogen-bond donors (Lipinski definition) is 1. The van der Waals surface area contributed by atoms with Gasteiger partial charge in [0, 0.05) is 49.6 Å². The van der Waals surface area contributed by atoms with Gasteiger partial charge < -0.3 is 15.1 Å². The van der Waals surface area contributed by atoms with Crippen LogP contribution in [0.3, 0.4) is 0 Å². The maximum Gasteiger partial charge on any atom is 0.256 e. The van der Waals surface area contributed by atoms with Crippen LogP contribution >= 0.6 is 11.3 Å². The second-order valence-corrected chi connectivity index (χ2v) is 7.54. The lowest BCUT2D eigenvalue weighted by molar-refractivity contribution is -0.130. The first-order chi connectivity index (χ1) is 14.2. The number of hydrogen-bond acceptors (Lipinski definition) is 6. The summed E-state index contributed by atoms with van der Waals surface area (Å²) in [5, 5.41) is 6.55. The minimum Gasteiger partial charge on any atom is -0.339 e. The van der Waals surface area contributed by atoms with Gasteiger partial charge in [-0.25, -0.2) is 9.97 Å². The third-order valence-corrected chi connectivity index (χ3v) is 5.50. The van der Waals surface area contributed by atoms with Gasteiger partial charge in [0.05, 0.1) is 12.0 Å². The Bertz CT molecular complexity index is 953. The smallest absolute Gasteiger partial charge is 0.256 e. The van der Waals surface area contributed by atoms with Gasteiger partial charge >= 0.3 is 0 Å². The zero-order chi connectivity index (χ0) is 20.1. The molecule has 3 heterocycles. The van der Waals surface area contributed by atoms with Crippen LogP contribution in [0.1, 0.15) is 15.9 Å². The van der Waals surface area contributed by atoms with Crippen LogP contribution < -0.4 is 10.2 Å². The van der Waals surface area contributed by atoms with Crippen LogP contribution in [0, 0.1) is 0 Å². The zero-order valence-corrected chi connectivity index (χ0v) is 16.6. The van der Waals surface area contributed by atoms with Gasteiger partial charge in [0.1, 0.15) is 0 Å². The summed E-state index contributed by atoms with van der Waals surface area (Å²) in [4.78, 5) is 37.2. The molecule has 0 unspecified atom stereocenters. The Morgan fingerprint density at radius 3 is 2.38 bits per heavy atom. The summed E-state index contributed by atoms with van der Waals surface area (Å²) in [5.41, 5.74) is 2.29. The Balaban J connectivity index is 1.28. The number of piperazine rings is 1. The zero-order valence-electron chi connectivity index (χ0n) is 15.8. The Labute approximate surface area is 173 Å². The van der Waals surface area contributed by atoms with Crippen molar-refractivity contribution >= 4 is 34.8 Å². The summed E-state index contributed by atoms with van der Waals surface area (Å²) < 4.78 is 0. The summed E-state index contributed by atoms with van der Waals surface area (Å²) in [6.45, 7) is 2.77. The number of anilines is 2. The Hall–Kier alpha value is -3.26. The van der Waals surface area contributed by atoms with Crippen molar-refractivity contribution in [2.45, 2.75) is 6.42 Å². The van der Waals surface area contributed by atoms with Crippen LogP contribution in [0.5, 0.6) is 0 Å². The molecule has 29 heavy (non-hydrogen) atoms. The lowest BCUT2D eigenvalue weighted by atomic mass is 10.1. The Morgan fingerprint density at radius 1 is 1.00 bits per heavy atom. The highest BCUT2D eigenvalue weighted by Gasteiger charge is 2.22. The molecular weight excluding hydrogens is 386 g/mol. The van der Waals surface area contributed by atoms with Crippen LogP contribution in [0.15, 0.2) is 59.6 Å². The highest BCUT2D eigenvalue weighted by atomic mass is 32.1. The quantitative estimate of drug-likeness (QED) is 0.704. The molecule has 1 saturated heterocycles. The van der Waals surface area contributed by atoms with E-state index in [1.165, 1.54) is 11.3 Å². The third kappa shape index (κ3) is 4.78. The molecule has 2 amide bonds. The van der Waals surface area contributed by atoms with Crippen LogP contribution in [-0.2, 0) is 11.2 Å². The van der Waals surface area contributed by atoms with Gasteiger partial charge in [0.15, 0.2) is 0 Å². The van der Waals surface area contributed by atoms with E-state index in [1.54, 1.807) is 24.5 Å². The molecule has 0 spiro atoms. The molecule has 3 aromatic rings. The molecular formula is C21H21N5O2S. The summed E-state index contributed by atoms with van der Waals surface area (Å²) >= 11 is 1.49. The molecule has 2 aromatic heterocycles. The van der Waals surface area contributed by atoms with Gasteiger partial charge in [-0.1, -0.05) is 12.1 Å². The first-order valence-corrected chi connectivity index (χ1v) is 10.4. The van der Waals surface area contributed by atoms with Crippen molar-refractivity contribution in [2.75, 3.05) is 36.4 Å². The first-order valence-electron chi connectivity index (χ1n) is 9.41. The first kappa shape index (κ1) is 19.1. The molecule has 0 atom stereocenters. The molecule has 1 aliphatic rings. The molecule has 7 nitrogen and oxygen atoms in total. The van der Waals surface area contributed by atoms with E-state index in [2.05, 4.69) is 20.2 Å². The van der Waals surface area contributed by atoms with Crippen molar-refractivity contribution in [2.24, 2.45) is 0 Å². The van der Waals surface area contributed by atoms with E-state index >= 15 is 0 Å². The topological polar surface area (TPSA) is 78.4 Å². The van der Waals surface area contributed by atoms with Crippen molar-refractivity contribution < 1.29 is 9.59 Å². The van der Waals surface area contributed by atoms with E-state index in [0.717, 1.165) is 18.7 Å². The van der Waals surface area contributed by atoms with Gasteiger partial charge in [0.2, 0.25) is 11.9 Å². The lowest BCUT2D eigenvalue weighted by Gasteiger charge is -2.34.